The van der Waals surface area contributed by atoms with Crippen molar-refractivity contribution in [1.29, 1.82) is 0 Å². The largest absolute Gasteiger partial charge is 0.497 e. The molecule has 0 amide bonds. The minimum Gasteiger partial charge on any atom is -0.497 e. The highest BCUT2D eigenvalue weighted by Crippen LogP contribution is 2.26. The number of hydrogen-bond donors (Lipinski definition) is 1. The van der Waals surface area contributed by atoms with Gasteiger partial charge in [-0.15, -0.1) is 0 Å². The van der Waals surface area contributed by atoms with Crippen LogP contribution in [0.25, 0.3) is 22.5 Å². The summed E-state index contributed by atoms with van der Waals surface area (Å²) in [5, 5.41) is 4.89. The monoisotopic (exact) mass is 414 g/mol. The summed E-state index contributed by atoms with van der Waals surface area (Å²) in [6.45, 7) is 0. The fraction of sp³-hybridized carbons (Fsp3) is 0.0417. The molecule has 1 N–H and O–H groups in total. The lowest BCUT2D eigenvalue weighted by molar-refractivity contribution is 0.415. The fourth-order valence-electron chi connectivity index (χ4n) is 2.90. The maximum atomic E-state index is 6.18. The normalized spacial score (nSPS) is 10.9. The Morgan fingerprint density at radius 1 is 0.833 bits per heavy atom. The molecule has 0 aliphatic heterocycles. The van der Waals surface area contributed by atoms with Crippen molar-refractivity contribution in [2.24, 2.45) is 5.10 Å². The van der Waals surface area contributed by atoms with Crippen LogP contribution in [0.1, 0.15) is 5.56 Å². The first kappa shape index (κ1) is 19.6. The molecule has 148 valence electrons. The molecule has 0 spiro atoms. The summed E-state index contributed by atoms with van der Waals surface area (Å²) >= 11 is 6.18. The molecule has 0 aliphatic rings. The number of methoxy groups -OCH3 is 1. The van der Waals surface area contributed by atoms with Crippen LogP contribution in [0.5, 0.6) is 5.75 Å². The van der Waals surface area contributed by atoms with Gasteiger partial charge in [-0.25, -0.2) is 15.4 Å². The van der Waals surface area contributed by atoms with Gasteiger partial charge >= 0.3 is 0 Å². The Hall–Kier alpha value is -3.70. The summed E-state index contributed by atoms with van der Waals surface area (Å²) in [4.78, 5) is 9.25. The smallest absolute Gasteiger partial charge is 0.244 e. The van der Waals surface area contributed by atoms with E-state index >= 15 is 0 Å². The predicted molar refractivity (Wildman–Crippen MR) is 122 cm³/mol. The predicted octanol–water partition coefficient (Wildman–Crippen LogP) is 5.92. The Kier molecular flexibility index (Phi) is 6.01. The van der Waals surface area contributed by atoms with Gasteiger partial charge in [0.1, 0.15) is 5.75 Å². The van der Waals surface area contributed by atoms with Gasteiger partial charge in [0.2, 0.25) is 5.95 Å². The molecule has 0 unspecified atom stereocenters. The van der Waals surface area contributed by atoms with Crippen LogP contribution in [0.2, 0.25) is 5.02 Å². The van der Waals surface area contributed by atoms with Crippen LogP contribution in [0, 0.1) is 0 Å². The number of nitrogens with one attached hydrogen (secondary N) is 1. The molecule has 4 rings (SSSR count). The zero-order chi connectivity index (χ0) is 20.8. The number of benzene rings is 3. The van der Waals surface area contributed by atoms with E-state index in [9.17, 15) is 0 Å². The van der Waals surface area contributed by atoms with Gasteiger partial charge in [-0.05, 0) is 36.4 Å². The number of hydrazone groups is 1. The van der Waals surface area contributed by atoms with E-state index in [-0.39, 0.29) is 0 Å². The third kappa shape index (κ3) is 4.64. The van der Waals surface area contributed by atoms with E-state index in [1.807, 2.05) is 84.9 Å². The van der Waals surface area contributed by atoms with Crippen LogP contribution in [0.4, 0.5) is 5.95 Å². The van der Waals surface area contributed by atoms with Crippen molar-refractivity contribution in [3.63, 3.8) is 0 Å². The van der Waals surface area contributed by atoms with Crippen molar-refractivity contribution < 1.29 is 4.74 Å². The highest BCUT2D eigenvalue weighted by Gasteiger charge is 2.09. The van der Waals surface area contributed by atoms with Crippen molar-refractivity contribution in [3.8, 4) is 28.3 Å². The molecule has 0 saturated carbocycles. The number of hydrogen-bond acceptors (Lipinski definition) is 5. The molecule has 4 aromatic rings. The van der Waals surface area contributed by atoms with E-state index < -0.39 is 0 Å². The molecule has 3 aromatic carbocycles. The van der Waals surface area contributed by atoms with Crippen LogP contribution >= 0.6 is 11.6 Å². The van der Waals surface area contributed by atoms with Crippen LogP contribution in [-0.4, -0.2) is 23.3 Å². The fourth-order valence-corrected chi connectivity index (χ4v) is 3.09. The molecule has 1 heterocycles. The van der Waals surface area contributed by atoms with Gasteiger partial charge in [-0.1, -0.05) is 60.1 Å². The number of ether oxygens (including phenoxy) is 1. The third-order valence-corrected chi connectivity index (χ3v) is 4.80. The standard InChI is InChI=1S/C24H19ClN4O/c1-30-20-13-11-18(12-14-20)23-15-22(17-7-3-2-4-8-17)27-24(28-23)29-26-16-19-9-5-6-10-21(19)25/h2-16H,1H3,(H,27,28,29). The SMILES string of the molecule is COc1ccc(-c2cc(-c3ccccc3)nc(NN=Cc3ccccc3Cl)n2)cc1. The lowest BCUT2D eigenvalue weighted by Crippen LogP contribution is -2.00. The molecule has 0 fully saturated rings. The van der Waals surface area contributed by atoms with E-state index in [0.717, 1.165) is 33.8 Å². The molecule has 5 nitrogen and oxygen atoms in total. The minimum absolute atomic E-state index is 0.394. The number of nitrogens with zero attached hydrogens (tertiary/aromatic N) is 3. The molecule has 0 saturated heterocycles. The van der Waals surface area contributed by atoms with Gasteiger partial charge in [-0.2, -0.15) is 5.10 Å². The van der Waals surface area contributed by atoms with E-state index in [1.165, 1.54) is 0 Å². The highest BCUT2D eigenvalue weighted by molar-refractivity contribution is 6.33. The summed E-state index contributed by atoms with van der Waals surface area (Å²) in [6, 6.07) is 27.1. The average Bonchev–Trinajstić information content (AvgIpc) is 2.81. The summed E-state index contributed by atoms with van der Waals surface area (Å²) in [5.74, 6) is 1.18. The lowest BCUT2D eigenvalue weighted by Gasteiger charge is -2.09. The Bertz CT molecular complexity index is 1160. The second-order valence-corrected chi connectivity index (χ2v) is 6.86. The zero-order valence-corrected chi connectivity index (χ0v) is 17.0. The quantitative estimate of drug-likeness (QED) is 0.314. The van der Waals surface area contributed by atoms with Gasteiger partial charge in [0.15, 0.2) is 0 Å². The highest BCUT2D eigenvalue weighted by atomic mass is 35.5. The van der Waals surface area contributed by atoms with Crippen molar-refractivity contribution in [3.05, 3.63) is 95.5 Å². The summed E-state index contributed by atoms with van der Waals surface area (Å²) < 4.78 is 5.25. The van der Waals surface area contributed by atoms with Gasteiger partial charge < -0.3 is 4.74 Å². The Morgan fingerprint density at radius 2 is 1.47 bits per heavy atom. The Labute approximate surface area is 180 Å². The Morgan fingerprint density at radius 3 is 2.13 bits per heavy atom. The van der Waals surface area contributed by atoms with Crippen molar-refractivity contribution in [2.75, 3.05) is 12.5 Å². The van der Waals surface area contributed by atoms with Crippen LogP contribution < -0.4 is 10.2 Å². The third-order valence-electron chi connectivity index (χ3n) is 4.45. The van der Waals surface area contributed by atoms with E-state index in [0.29, 0.717) is 11.0 Å². The molecule has 0 atom stereocenters. The molecule has 30 heavy (non-hydrogen) atoms. The number of rotatable bonds is 6. The van der Waals surface area contributed by atoms with Crippen molar-refractivity contribution in [2.45, 2.75) is 0 Å². The van der Waals surface area contributed by atoms with E-state index in [2.05, 4.69) is 20.5 Å². The first-order chi connectivity index (χ1) is 14.7. The molecule has 1 aromatic heterocycles. The maximum Gasteiger partial charge on any atom is 0.244 e. The Balaban J connectivity index is 1.69. The van der Waals surface area contributed by atoms with E-state index in [4.69, 9.17) is 16.3 Å². The summed E-state index contributed by atoms with van der Waals surface area (Å²) in [6.07, 6.45) is 1.65. The average molecular weight is 415 g/mol. The summed E-state index contributed by atoms with van der Waals surface area (Å²) in [7, 11) is 1.65. The lowest BCUT2D eigenvalue weighted by atomic mass is 10.1. The minimum atomic E-state index is 0.394. The second kappa shape index (κ2) is 9.20. The van der Waals surface area contributed by atoms with Gasteiger partial charge in [0.25, 0.3) is 0 Å². The van der Waals surface area contributed by atoms with Crippen molar-refractivity contribution in [1.82, 2.24) is 9.97 Å². The van der Waals surface area contributed by atoms with E-state index in [1.54, 1.807) is 13.3 Å². The number of halogens is 1. The topological polar surface area (TPSA) is 59.4 Å². The van der Waals surface area contributed by atoms with Crippen molar-refractivity contribution >= 4 is 23.8 Å². The molecular weight excluding hydrogens is 396 g/mol. The zero-order valence-electron chi connectivity index (χ0n) is 16.3. The number of aromatic nitrogens is 2. The number of anilines is 1. The van der Waals surface area contributed by atoms with Crippen LogP contribution in [0.3, 0.4) is 0 Å². The first-order valence-corrected chi connectivity index (χ1v) is 9.73. The molecule has 0 radical (unpaired) electrons. The maximum absolute atomic E-state index is 6.18. The molecule has 0 bridgehead atoms. The molecular formula is C24H19ClN4O. The second-order valence-electron chi connectivity index (χ2n) is 6.45. The summed E-state index contributed by atoms with van der Waals surface area (Å²) in [5.41, 5.74) is 7.26. The van der Waals surface area contributed by atoms with Gasteiger partial charge in [0.05, 0.1) is 24.7 Å². The van der Waals surface area contributed by atoms with Crippen LogP contribution in [0.15, 0.2) is 90.0 Å². The van der Waals surface area contributed by atoms with Crippen LogP contribution in [-0.2, 0) is 0 Å². The molecule has 0 aliphatic carbocycles. The van der Waals surface area contributed by atoms with Gasteiger partial charge in [0, 0.05) is 21.7 Å². The molecule has 6 heteroatoms. The first-order valence-electron chi connectivity index (χ1n) is 9.35. The van der Waals surface area contributed by atoms with Gasteiger partial charge in [-0.3, -0.25) is 0 Å².